The zero-order valence-corrected chi connectivity index (χ0v) is 28.8. The van der Waals surface area contributed by atoms with Gasteiger partial charge >= 0.3 is 29.6 Å². The van der Waals surface area contributed by atoms with Crippen LogP contribution in [-0.2, 0) is 10.2 Å². The smallest absolute Gasteiger partial charge is 0.585 e. The number of morpholine rings is 1. The number of carbonyl (C=O) groups excluding carboxylic acids is 2. The first kappa shape index (κ1) is 34.1. The van der Waals surface area contributed by atoms with Gasteiger partial charge in [-0.1, -0.05) is 32.7 Å². The van der Waals surface area contributed by atoms with Crippen LogP contribution < -0.4 is 54.7 Å². The van der Waals surface area contributed by atoms with Gasteiger partial charge in [0.15, 0.2) is 5.75 Å². The summed E-state index contributed by atoms with van der Waals surface area (Å²) < 4.78 is 16.0. The van der Waals surface area contributed by atoms with Gasteiger partial charge in [0.2, 0.25) is 5.91 Å². The third-order valence-corrected chi connectivity index (χ3v) is 7.70. The van der Waals surface area contributed by atoms with E-state index in [4.69, 9.17) is 9.47 Å². The number of rotatable bonds is 10. The van der Waals surface area contributed by atoms with Crippen LogP contribution >= 0.6 is 11.9 Å². The molecule has 1 aliphatic heterocycles. The van der Waals surface area contributed by atoms with Crippen LogP contribution in [0.5, 0.6) is 5.75 Å². The monoisotopic (exact) mass is 604 g/mol. The van der Waals surface area contributed by atoms with E-state index in [0.29, 0.717) is 29.2 Å². The maximum absolute atomic E-state index is 13.5. The van der Waals surface area contributed by atoms with E-state index < -0.39 is 0 Å². The molecular weight excluding hydrogens is 563 g/mol. The summed E-state index contributed by atoms with van der Waals surface area (Å²) in [6.45, 7) is 14.9. The molecule has 2 aromatic carbocycles. The van der Waals surface area contributed by atoms with Gasteiger partial charge in [-0.15, -0.1) is 0 Å². The van der Waals surface area contributed by atoms with E-state index in [-0.39, 0.29) is 46.8 Å². The van der Waals surface area contributed by atoms with Crippen molar-refractivity contribution >= 4 is 35.1 Å². The Balaban J connectivity index is 0.00000484. The van der Waals surface area contributed by atoms with Crippen LogP contribution in [0.3, 0.4) is 0 Å². The number of anilines is 2. The number of amides is 2. The molecule has 3 aromatic rings. The van der Waals surface area contributed by atoms with E-state index in [9.17, 15) is 9.59 Å². The van der Waals surface area contributed by atoms with E-state index in [1.807, 2.05) is 38.3 Å². The predicted octanol–water partition coefficient (Wildman–Crippen LogP) is 1.37. The SMILES string of the molecule is COc1c(NSC)cc(C(C)(C)C)cc1NC(=O)c1cc(C)c(C)c(-n2cc(C(=O)NCCN3CCOCC3)[n-]2)c1.[Na+]. The van der Waals surface area contributed by atoms with Crippen molar-refractivity contribution in [1.29, 1.82) is 0 Å². The number of carbonyl (C=O) groups is 2. The number of ether oxygens (including phenoxy) is 2. The Hall–Kier alpha value is -2.41. The number of methoxy groups -OCH3 is 1. The Morgan fingerprint density at radius 1 is 1.07 bits per heavy atom. The summed E-state index contributed by atoms with van der Waals surface area (Å²) in [5.74, 6) is 0.0902. The van der Waals surface area contributed by atoms with Crippen molar-refractivity contribution in [2.75, 3.05) is 62.8 Å². The first-order valence-corrected chi connectivity index (χ1v) is 15.0. The van der Waals surface area contributed by atoms with Crippen molar-refractivity contribution in [3.8, 4) is 11.4 Å². The Morgan fingerprint density at radius 3 is 2.36 bits per heavy atom. The second-order valence-electron chi connectivity index (χ2n) is 11.2. The van der Waals surface area contributed by atoms with E-state index in [1.165, 1.54) is 11.9 Å². The summed E-state index contributed by atoms with van der Waals surface area (Å²) in [6, 6.07) is 7.67. The minimum atomic E-state index is -0.264. The minimum Gasteiger partial charge on any atom is -0.585 e. The number of hydrogen-bond donors (Lipinski definition) is 3. The zero-order valence-electron chi connectivity index (χ0n) is 26.0. The molecule has 12 heteroatoms. The number of benzene rings is 2. The predicted molar refractivity (Wildman–Crippen MR) is 165 cm³/mol. The van der Waals surface area contributed by atoms with Gasteiger partial charge in [0, 0.05) is 43.7 Å². The molecule has 0 saturated carbocycles. The third-order valence-electron chi connectivity index (χ3n) is 7.28. The molecule has 222 valence electrons. The van der Waals surface area contributed by atoms with E-state index in [1.54, 1.807) is 24.1 Å². The van der Waals surface area contributed by atoms with Gasteiger partial charge in [-0.25, -0.2) is 0 Å². The van der Waals surface area contributed by atoms with Crippen LogP contribution in [-0.4, -0.2) is 74.2 Å². The Morgan fingerprint density at radius 2 is 1.74 bits per heavy atom. The summed E-state index contributed by atoms with van der Waals surface area (Å²) in [7, 11) is 1.59. The summed E-state index contributed by atoms with van der Waals surface area (Å²) >= 11 is 1.46. The standard InChI is InChI=1S/C30H41N6O4S.Na/c1-19-14-21(28(37)32-23-16-22(30(3,4)5)17-24(34-41-7)27(23)39-6)15-26(20(19)2)36-18-25(33-36)29(38)31-8-9-35-10-12-40-13-11-35;/h14-18,34H,8-13H2,1-7H3,(H,31,38)(H,32,37);/q-1;+1. The van der Waals surface area contributed by atoms with Gasteiger partial charge in [-0.05, 0) is 72.1 Å². The maximum Gasteiger partial charge on any atom is 1.00 e. The first-order valence-electron chi connectivity index (χ1n) is 13.8. The van der Waals surface area contributed by atoms with Crippen LogP contribution in [0, 0.1) is 13.8 Å². The third kappa shape index (κ3) is 8.15. The maximum atomic E-state index is 13.5. The fraction of sp³-hybridized carbons (Fsp3) is 0.467. The average Bonchev–Trinajstić information content (AvgIpc) is 2.90. The molecular formula is C30H41N6NaO4S. The molecule has 1 saturated heterocycles. The van der Waals surface area contributed by atoms with Crippen LogP contribution in [0.15, 0.2) is 30.5 Å². The normalized spacial score (nSPS) is 13.8. The van der Waals surface area contributed by atoms with Crippen LogP contribution in [0.25, 0.3) is 5.69 Å². The number of hydrogen-bond acceptors (Lipinski definition) is 7. The molecule has 3 N–H and O–H groups in total. The molecule has 0 atom stereocenters. The quantitative estimate of drug-likeness (QED) is 0.235. The summed E-state index contributed by atoms with van der Waals surface area (Å²) in [5.41, 5.74) is 5.83. The number of nitrogens with one attached hydrogen (secondary N) is 3. The molecule has 10 nitrogen and oxygen atoms in total. The second-order valence-corrected chi connectivity index (χ2v) is 11.8. The Labute approximate surface area is 275 Å². The minimum absolute atomic E-state index is 0. The summed E-state index contributed by atoms with van der Waals surface area (Å²) in [6.07, 6.45) is 3.64. The van der Waals surface area contributed by atoms with Gasteiger partial charge in [-0.3, -0.25) is 14.5 Å². The second kappa shape index (κ2) is 14.9. The number of aromatic nitrogens is 2. The molecule has 1 fully saturated rings. The molecule has 0 unspecified atom stereocenters. The van der Waals surface area contributed by atoms with Gasteiger partial charge in [-0.2, -0.15) is 0 Å². The van der Waals surface area contributed by atoms with Crippen molar-refractivity contribution in [3.63, 3.8) is 0 Å². The van der Waals surface area contributed by atoms with Gasteiger partial charge in [0.25, 0.3) is 5.91 Å². The molecule has 2 heterocycles. The molecule has 0 bridgehead atoms. The zero-order chi connectivity index (χ0) is 29.7. The Bertz CT molecular complexity index is 1380. The van der Waals surface area contributed by atoms with Crippen LogP contribution in [0.1, 0.15) is 58.3 Å². The summed E-state index contributed by atoms with van der Waals surface area (Å²) in [4.78, 5) is 28.4. The molecule has 42 heavy (non-hydrogen) atoms. The van der Waals surface area contributed by atoms with Gasteiger partial charge in [0.05, 0.1) is 31.7 Å². The van der Waals surface area contributed by atoms with E-state index in [0.717, 1.165) is 60.9 Å². The van der Waals surface area contributed by atoms with Gasteiger partial charge in [0.1, 0.15) is 0 Å². The summed E-state index contributed by atoms with van der Waals surface area (Å²) in [5, 5.41) is 10.4. The topological polar surface area (TPSA) is 111 Å². The van der Waals surface area contributed by atoms with Crippen molar-refractivity contribution in [3.05, 3.63) is 58.4 Å². The van der Waals surface area contributed by atoms with Gasteiger partial charge < -0.3 is 34.6 Å². The van der Waals surface area contributed by atoms with E-state index >= 15 is 0 Å². The van der Waals surface area contributed by atoms with Crippen molar-refractivity contribution in [2.24, 2.45) is 0 Å². The van der Waals surface area contributed by atoms with Crippen molar-refractivity contribution < 1.29 is 48.6 Å². The average molecular weight is 605 g/mol. The van der Waals surface area contributed by atoms with Crippen LogP contribution in [0.4, 0.5) is 11.4 Å². The molecule has 1 aromatic heterocycles. The number of nitrogens with zero attached hydrogens (tertiary/aromatic N) is 3. The fourth-order valence-corrected chi connectivity index (χ4v) is 5.04. The molecule has 0 radical (unpaired) electrons. The van der Waals surface area contributed by atoms with Crippen molar-refractivity contribution in [2.45, 2.75) is 40.0 Å². The molecule has 4 rings (SSSR count). The fourth-order valence-electron chi connectivity index (χ4n) is 4.67. The molecule has 0 aliphatic carbocycles. The van der Waals surface area contributed by atoms with E-state index in [2.05, 4.69) is 46.1 Å². The largest absolute Gasteiger partial charge is 1.00 e. The number of aryl methyl sites for hydroxylation is 1. The van der Waals surface area contributed by atoms with Crippen LogP contribution in [0.2, 0.25) is 0 Å². The van der Waals surface area contributed by atoms with Crippen molar-refractivity contribution in [1.82, 2.24) is 20.0 Å². The first-order chi connectivity index (χ1) is 19.5. The Kier molecular flexibility index (Phi) is 12.1. The molecule has 1 aliphatic rings. The molecule has 0 spiro atoms. The molecule has 2 amide bonds.